The highest BCUT2D eigenvalue weighted by atomic mass is 32.2. The molecular weight excluding hydrogens is 214 g/mol. The highest BCUT2D eigenvalue weighted by molar-refractivity contribution is 7.98. The van der Waals surface area contributed by atoms with E-state index in [-0.39, 0.29) is 12.1 Å². The number of hydrogen-bond donors (Lipinski definition) is 1. The minimum Gasteiger partial charge on any atom is -0.374 e. The number of rotatable bonds is 6. The molecule has 0 saturated heterocycles. The molecule has 1 aromatic rings. The van der Waals surface area contributed by atoms with Crippen LogP contribution in [-0.2, 0) is 4.74 Å². The Hall–Kier alpha value is -0.590. The molecule has 0 radical (unpaired) electrons. The van der Waals surface area contributed by atoms with Gasteiger partial charge in [-0.2, -0.15) is 16.7 Å². The van der Waals surface area contributed by atoms with Crippen molar-refractivity contribution in [1.29, 1.82) is 0 Å². The van der Waals surface area contributed by atoms with Gasteiger partial charge >= 0.3 is 0 Å². The second-order valence-corrected chi connectivity index (χ2v) is 4.24. The van der Waals surface area contributed by atoms with Crippen molar-refractivity contribution >= 4 is 11.8 Å². The van der Waals surface area contributed by atoms with E-state index in [9.17, 15) is 0 Å². The Morgan fingerprint density at radius 2 is 2.33 bits per heavy atom. The topological polar surface area (TPSA) is 74.2 Å². The summed E-state index contributed by atoms with van der Waals surface area (Å²) in [6, 6.07) is -0.178. The molecule has 0 fully saturated rings. The summed E-state index contributed by atoms with van der Waals surface area (Å²) in [6.45, 7) is 1.86. The van der Waals surface area contributed by atoms with Crippen molar-refractivity contribution < 1.29 is 9.26 Å². The summed E-state index contributed by atoms with van der Waals surface area (Å²) in [7, 11) is 1.61. The predicted octanol–water partition coefficient (Wildman–Crippen LogP) is 1.53. The molecule has 2 atom stereocenters. The molecule has 15 heavy (non-hydrogen) atoms. The standard InChI is InChI=1S/C9H17N3O2S/c1-6(13-2)8-11-9(14-12-8)7(10)4-5-15-3/h6-7H,4-5,10H2,1-3H3/t6?,7-/m0/s1. The zero-order chi connectivity index (χ0) is 11.3. The molecule has 0 aliphatic heterocycles. The van der Waals surface area contributed by atoms with E-state index in [1.54, 1.807) is 18.9 Å². The molecular formula is C9H17N3O2S. The largest absolute Gasteiger partial charge is 0.374 e. The Bertz CT molecular complexity index is 293. The molecule has 6 heteroatoms. The van der Waals surface area contributed by atoms with Crippen molar-refractivity contribution in [2.45, 2.75) is 25.5 Å². The maximum Gasteiger partial charge on any atom is 0.243 e. The number of aromatic nitrogens is 2. The third-order valence-corrected chi connectivity index (χ3v) is 2.77. The first-order chi connectivity index (χ1) is 7.19. The maximum absolute atomic E-state index is 5.89. The predicted molar refractivity (Wildman–Crippen MR) is 59.6 cm³/mol. The quantitative estimate of drug-likeness (QED) is 0.800. The number of hydrogen-bond acceptors (Lipinski definition) is 6. The van der Waals surface area contributed by atoms with E-state index in [4.69, 9.17) is 15.0 Å². The summed E-state index contributed by atoms with van der Waals surface area (Å²) in [5.41, 5.74) is 5.89. The van der Waals surface area contributed by atoms with Crippen LogP contribution in [0.1, 0.15) is 37.2 Å². The van der Waals surface area contributed by atoms with Crippen LogP contribution in [0.2, 0.25) is 0 Å². The zero-order valence-electron chi connectivity index (χ0n) is 9.27. The van der Waals surface area contributed by atoms with Crippen molar-refractivity contribution in [3.05, 3.63) is 11.7 Å². The Morgan fingerprint density at radius 3 is 2.93 bits per heavy atom. The lowest BCUT2D eigenvalue weighted by Crippen LogP contribution is -2.12. The van der Waals surface area contributed by atoms with Crippen LogP contribution in [0.5, 0.6) is 0 Å². The second-order valence-electron chi connectivity index (χ2n) is 3.26. The van der Waals surface area contributed by atoms with E-state index in [2.05, 4.69) is 10.1 Å². The van der Waals surface area contributed by atoms with E-state index in [0.717, 1.165) is 12.2 Å². The molecule has 0 bridgehead atoms. The lowest BCUT2D eigenvalue weighted by molar-refractivity contribution is 0.109. The smallest absolute Gasteiger partial charge is 0.243 e. The van der Waals surface area contributed by atoms with Gasteiger partial charge in [-0.05, 0) is 25.4 Å². The van der Waals surface area contributed by atoms with Gasteiger partial charge in [0, 0.05) is 7.11 Å². The Labute approximate surface area is 93.7 Å². The van der Waals surface area contributed by atoms with Crippen molar-refractivity contribution in [2.75, 3.05) is 19.1 Å². The minimum absolute atomic E-state index is 0.157. The third-order valence-electron chi connectivity index (χ3n) is 2.12. The van der Waals surface area contributed by atoms with Crippen LogP contribution in [0.4, 0.5) is 0 Å². The van der Waals surface area contributed by atoms with Crippen molar-refractivity contribution in [1.82, 2.24) is 10.1 Å². The van der Waals surface area contributed by atoms with E-state index in [0.29, 0.717) is 11.7 Å². The normalized spacial score (nSPS) is 15.2. The first kappa shape index (κ1) is 12.5. The van der Waals surface area contributed by atoms with Gasteiger partial charge in [0.1, 0.15) is 6.10 Å². The van der Waals surface area contributed by atoms with E-state index >= 15 is 0 Å². The fraction of sp³-hybridized carbons (Fsp3) is 0.778. The van der Waals surface area contributed by atoms with Crippen LogP contribution in [0.3, 0.4) is 0 Å². The summed E-state index contributed by atoms with van der Waals surface area (Å²) in [6.07, 6.45) is 2.72. The Morgan fingerprint density at radius 1 is 1.60 bits per heavy atom. The molecule has 0 aliphatic carbocycles. The molecule has 0 spiro atoms. The van der Waals surface area contributed by atoms with Gasteiger partial charge in [-0.1, -0.05) is 5.16 Å². The summed E-state index contributed by atoms with van der Waals surface area (Å²) < 4.78 is 10.2. The van der Waals surface area contributed by atoms with E-state index in [1.165, 1.54) is 0 Å². The van der Waals surface area contributed by atoms with Gasteiger partial charge in [-0.3, -0.25) is 0 Å². The fourth-order valence-corrected chi connectivity index (χ4v) is 1.53. The summed E-state index contributed by atoms with van der Waals surface area (Å²) >= 11 is 1.75. The summed E-state index contributed by atoms with van der Waals surface area (Å²) in [5.74, 6) is 2.02. The minimum atomic E-state index is -0.178. The molecule has 0 saturated carbocycles. The van der Waals surface area contributed by atoms with Crippen molar-refractivity contribution in [3.63, 3.8) is 0 Å². The molecule has 0 amide bonds. The molecule has 0 aliphatic rings. The summed E-state index contributed by atoms with van der Waals surface area (Å²) in [4.78, 5) is 4.20. The number of thioether (sulfide) groups is 1. The second kappa shape index (κ2) is 6.09. The van der Waals surface area contributed by atoms with E-state index in [1.807, 2.05) is 13.2 Å². The maximum atomic E-state index is 5.89. The van der Waals surface area contributed by atoms with Gasteiger partial charge in [0.2, 0.25) is 5.89 Å². The van der Waals surface area contributed by atoms with Crippen LogP contribution in [0, 0.1) is 0 Å². The molecule has 0 aromatic carbocycles. The van der Waals surface area contributed by atoms with Crippen LogP contribution in [0.15, 0.2) is 4.52 Å². The molecule has 1 unspecified atom stereocenters. The Balaban J connectivity index is 2.58. The molecule has 86 valence electrons. The number of nitrogens with zero attached hydrogens (tertiary/aromatic N) is 2. The lowest BCUT2D eigenvalue weighted by Gasteiger charge is -2.04. The van der Waals surface area contributed by atoms with Gasteiger partial charge < -0.3 is 15.0 Å². The van der Waals surface area contributed by atoms with Gasteiger partial charge in [-0.25, -0.2) is 0 Å². The van der Waals surface area contributed by atoms with Crippen LogP contribution in [0.25, 0.3) is 0 Å². The monoisotopic (exact) mass is 231 g/mol. The third kappa shape index (κ3) is 3.48. The average Bonchev–Trinajstić information content (AvgIpc) is 2.74. The summed E-state index contributed by atoms with van der Waals surface area (Å²) in [5, 5.41) is 3.82. The van der Waals surface area contributed by atoms with Crippen molar-refractivity contribution in [3.8, 4) is 0 Å². The first-order valence-corrected chi connectivity index (χ1v) is 6.19. The van der Waals surface area contributed by atoms with Gasteiger partial charge in [-0.15, -0.1) is 0 Å². The van der Waals surface area contributed by atoms with Gasteiger partial charge in [0.15, 0.2) is 5.82 Å². The Kier molecular flexibility index (Phi) is 5.07. The van der Waals surface area contributed by atoms with Crippen molar-refractivity contribution in [2.24, 2.45) is 5.73 Å². The zero-order valence-corrected chi connectivity index (χ0v) is 10.1. The van der Waals surface area contributed by atoms with Gasteiger partial charge in [0.25, 0.3) is 0 Å². The highest BCUT2D eigenvalue weighted by Crippen LogP contribution is 2.17. The highest BCUT2D eigenvalue weighted by Gasteiger charge is 2.17. The molecule has 5 nitrogen and oxygen atoms in total. The number of nitrogens with two attached hydrogens (primary N) is 1. The van der Waals surface area contributed by atoms with Crippen LogP contribution < -0.4 is 5.73 Å². The van der Waals surface area contributed by atoms with Gasteiger partial charge in [0.05, 0.1) is 6.04 Å². The molecule has 1 rings (SSSR count). The van der Waals surface area contributed by atoms with Crippen LogP contribution in [-0.4, -0.2) is 29.3 Å². The number of ether oxygens (including phenoxy) is 1. The lowest BCUT2D eigenvalue weighted by atomic mass is 10.2. The molecule has 2 N–H and O–H groups in total. The number of methoxy groups -OCH3 is 1. The first-order valence-electron chi connectivity index (χ1n) is 4.79. The molecule has 1 heterocycles. The molecule has 1 aromatic heterocycles. The SMILES string of the molecule is COC(C)c1noc([C@@H](N)CCSC)n1. The average molecular weight is 231 g/mol. The fourth-order valence-electron chi connectivity index (χ4n) is 1.04. The van der Waals surface area contributed by atoms with E-state index < -0.39 is 0 Å². The van der Waals surface area contributed by atoms with Crippen LogP contribution >= 0.6 is 11.8 Å².